The SMILES string of the molecule is Cc1ccc(CN2CCN(c3ccccc3)CC2)c(C)c1. The van der Waals surface area contributed by atoms with E-state index in [4.69, 9.17) is 0 Å². The highest BCUT2D eigenvalue weighted by molar-refractivity contribution is 5.46. The summed E-state index contributed by atoms with van der Waals surface area (Å²) in [7, 11) is 0. The molecule has 1 heterocycles. The first-order chi connectivity index (χ1) is 10.2. The predicted octanol–water partition coefficient (Wildman–Crippen LogP) is 3.63. The Balaban J connectivity index is 1.59. The van der Waals surface area contributed by atoms with Gasteiger partial charge in [0.1, 0.15) is 0 Å². The molecule has 2 aromatic rings. The van der Waals surface area contributed by atoms with Gasteiger partial charge in [-0.3, -0.25) is 4.90 Å². The molecule has 0 unspecified atom stereocenters. The molecule has 3 rings (SSSR count). The molecular formula is C19H24N2. The first-order valence-corrected chi connectivity index (χ1v) is 7.81. The lowest BCUT2D eigenvalue weighted by molar-refractivity contribution is 0.249. The number of rotatable bonds is 3. The minimum Gasteiger partial charge on any atom is -0.369 e. The zero-order valence-corrected chi connectivity index (χ0v) is 13.0. The summed E-state index contributed by atoms with van der Waals surface area (Å²) < 4.78 is 0. The van der Waals surface area contributed by atoms with Crippen LogP contribution in [0.1, 0.15) is 16.7 Å². The Morgan fingerprint density at radius 1 is 0.857 bits per heavy atom. The Labute approximate surface area is 128 Å². The molecule has 0 spiro atoms. The number of nitrogens with zero attached hydrogens (tertiary/aromatic N) is 2. The van der Waals surface area contributed by atoms with Gasteiger partial charge in [0.25, 0.3) is 0 Å². The lowest BCUT2D eigenvalue weighted by atomic mass is 10.1. The van der Waals surface area contributed by atoms with Gasteiger partial charge >= 0.3 is 0 Å². The molecule has 2 nitrogen and oxygen atoms in total. The Bertz CT molecular complexity index is 584. The van der Waals surface area contributed by atoms with Crippen LogP contribution >= 0.6 is 0 Å². The van der Waals surface area contributed by atoms with Gasteiger partial charge in [-0.2, -0.15) is 0 Å². The molecule has 1 aliphatic heterocycles. The molecule has 1 aliphatic rings. The third-order valence-corrected chi connectivity index (χ3v) is 4.39. The van der Waals surface area contributed by atoms with Crippen LogP contribution in [0.2, 0.25) is 0 Å². The Morgan fingerprint density at radius 2 is 1.57 bits per heavy atom. The van der Waals surface area contributed by atoms with Crippen molar-refractivity contribution < 1.29 is 0 Å². The average Bonchev–Trinajstić information content (AvgIpc) is 2.52. The van der Waals surface area contributed by atoms with Crippen molar-refractivity contribution in [1.82, 2.24) is 4.90 Å². The second-order valence-electron chi connectivity index (χ2n) is 6.03. The zero-order chi connectivity index (χ0) is 14.7. The molecule has 2 heteroatoms. The van der Waals surface area contributed by atoms with Crippen LogP contribution in [0.5, 0.6) is 0 Å². The van der Waals surface area contributed by atoms with Crippen LogP contribution in [-0.4, -0.2) is 31.1 Å². The first kappa shape index (κ1) is 14.2. The van der Waals surface area contributed by atoms with Crippen LogP contribution in [0.15, 0.2) is 48.5 Å². The Hall–Kier alpha value is -1.80. The quantitative estimate of drug-likeness (QED) is 0.847. The van der Waals surface area contributed by atoms with Crippen molar-refractivity contribution in [3.8, 4) is 0 Å². The zero-order valence-electron chi connectivity index (χ0n) is 13.0. The molecule has 110 valence electrons. The van der Waals surface area contributed by atoms with E-state index in [1.165, 1.54) is 22.4 Å². The second kappa shape index (κ2) is 6.31. The summed E-state index contributed by atoms with van der Waals surface area (Å²) in [5.41, 5.74) is 5.59. The summed E-state index contributed by atoms with van der Waals surface area (Å²) >= 11 is 0. The predicted molar refractivity (Wildman–Crippen MR) is 89.8 cm³/mol. The van der Waals surface area contributed by atoms with E-state index in [2.05, 4.69) is 72.2 Å². The van der Waals surface area contributed by atoms with Crippen LogP contribution in [0.4, 0.5) is 5.69 Å². The molecule has 0 atom stereocenters. The van der Waals surface area contributed by atoms with Gasteiger partial charge in [0.2, 0.25) is 0 Å². The summed E-state index contributed by atoms with van der Waals surface area (Å²) in [6.07, 6.45) is 0. The van der Waals surface area contributed by atoms with Gasteiger partial charge in [0.15, 0.2) is 0 Å². The van der Waals surface area contributed by atoms with Crippen LogP contribution in [0.3, 0.4) is 0 Å². The number of hydrogen-bond donors (Lipinski definition) is 0. The van der Waals surface area contributed by atoms with Gasteiger partial charge in [0, 0.05) is 38.4 Å². The fourth-order valence-electron chi connectivity index (χ4n) is 3.07. The second-order valence-corrected chi connectivity index (χ2v) is 6.03. The van der Waals surface area contributed by atoms with E-state index in [9.17, 15) is 0 Å². The normalized spacial score (nSPS) is 16.2. The number of anilines is 1. The molecule has 2 aromatic carbocycles. The van der Waals surface area contributed by atoms with E-state index in [-0.39, 0.29) is 0 Å². The van der Waals surface area contributed by atoms with Crippen LogP contribution in [0.25, 0.3) is 0 Å². The maximum Gasteiger partial charge on any atom is 0.0367 e. The number of para-hydroxylation sites is 1. The van der Waals surface area contributed by atoms with E-state index in [0.29, 0.717) is 0 Å². The van der Waals surface area contributed by atoms with E-state index in [0.717, 1.165) is 32.7 Å². The molecule has 0 aliphatic carbocycles. The lowest BCUT2D eigenvalue weighted by Crippen LogP contribution is -2.46. The van der Waals surface area contributed by atoms with Gasteiger partial charge in [0.05, 0.1) is 0 Å². The highest BCUT2D eigenvalue weighted by atomic mass is 15.3. The molecule has 0 amide bonds. The highest BCUT2D eigenvalue weighted by Gasteiger charge is 2.17. The lowest BCUT2D eigenvalue weighted by Gasteiger charge is -2.36. The van der Waals surface area contributed by atoms with Crippen molar-refractivity contribution >= 4 is 5.69 Å². The minimum atomic E-state index is 1.08. The highest BCUT2D eigenvalue weighted by Crippen LogP contribution is 2.18. The van der Waals surface area contributed by atoms with Gasteiger partial charge in [-0.25, -0.2) is 0 Å². The molecule has 0 aromatic heterocycles. The maximum atomic E-state index is 2.57. The van der Waals surface area contributed by atoms with Crippen LogP contribution in [-0.2, 0) is 6.54 Å². The molecule has 1 saturated heterocycles. The molecular weight excluding hydrogens is 256 g/mol. The third-order valence-electron chi connectivity index (χ3n) is 4.39. The Kier molecular flexibility index (Phi) is 4.26. The number of hydrogen-bond acceptors (Lipinski definition) is 2. The van der Waals surface area contributed by atoms with E-state index in [1.807, 2.05) is 0 Å². The third kappa shape index (κ3) is 3.45. The number of aryl methyl sites for hydroxylation is 2. The smallest absolute Gasteiger partial charge is 0.0367 e. The minimum absolute atomic E-state index is 1.08. The van der Waals surface area contributed by atoms with Crippen LogP contribution in [0, 0.1) is 13.8 Å². The van der Waals surface area contributed by atoms with E-state index in [1.54, 1.807) is 0 Å². The van der Waals surface area contributed by atoms with Crippen molar-refractivity contribution in [2.45, 2.75) is 20.4 Å². The summed E-state index contributed by atoms with van der Waals surface area (Å²) in [6, 6.07) is 17.5. The monoisotopic (exact) mass is 280 g/mol. The molecule has 1 fully saturated rings. The van der Waals surface area contributed by atoms with Gasteiger partial charge < -0.3 is 4.90 Å². The van der Waals surface area contributed by atoms with Gasteiger partial charge in [-0.15, -0.1) is 0 Å². The summed E-state index contributed by atoms with van der Waals surface area (Å²) in [5.74, 6) is 0. The first-order valence-electron chi connectivity index (χ1n) is 7.81. The number of piperazine rings is 1. The fraction of sp³-hybridized carbons (Fsp3) is 0.368. The van der Waals surface area contributed by atoms with Crippen molar-refractivity contribution in [3.05, 3.63) is 65.2 Å². The van der Waals surface area contributed by atoms with Crippen molar-refractivity contribution in [2.24, 2.45) is 0 Å². The molecule has 0 saturated carbocycles. The largest absolute Gasteiger partial charge is 0.369 e. The molecule has 21 heavy (non-hydrogen) atoms. The molecule has 0 N–H and O–H groups in total. The number of benzene rings is 2. The van der Waals surface area contributed by atoms with Crippen molar-refractivity contribution in [2.75, 3.05) is 31.1 Å². The molecule has 0 radical (unpaired) electrons. The maximum absolute atomic E-state index is 2.57. The standard InChI is InChI=1S/C19H24N2/c1-16-8-9-18(17(2)14-16)15-20-10-12-21(13-11-20)19-6-4-3-5-7-19/h3-9,14H,10-13,15H2,1-2H3. The van der Waals surface area contributed by atoms with Crippen molar-refractivity contribution in [3.63, 3.8) is 0 Å². The topological polar surface area (TPSA) is 6.48 Å². The van der Waals surface area contributed by atoms with Gasteiger partial charge in [-0.1, -0.05) is 42.0 Å². The van der Waals surface area contributed by atoms with E-state index >= 15 is 0 Å². The fourth-order valence-corrected chi connectivity index (χ4v) is 3.07. The summed E-state index contributed by atoms with van der Waals surface area (Å²) in [5, 5.41) is 0. The Morgan fingerprint density at radius 3 is 2.24 bits per heavy atom. The average molecular weight is 280 g/mol. The van der Waals surface area contributed by atoms with E-state index < -0.39 is 0 Å². The molecule has 0 bridgehead atoms. The summed E-state index contributed by atoms with van der Waals surface area (Å²) in [6.45, 7) is 9.99. The summed E-state index contributed by atoms with van der Waals surface area (Å²) in [4.78, 5) is 5.05. The van der Waals surface area contributed by atoms with Crippen LogP contribution < -0.4 is 4.90 Å². The van der Waals surface area contributed by atoms with Crippen molar-refractivity contribution in [1.29, 1.82) is 0 Å². The van der Waals surface area contributed by atoms with Gasteiger partial charge in [-0.05, 0) is 37.1 Å².